The first kappa shape index (κ1) is 31.3. The maximum Gasteiger partial charge on any atom is 0.248 e. The van der Waals surface area contributed by atoms with Crippen molar-refractivity contribution in [2.45, 2.75) is 45.4 Å². The van der Waals surface area contributed by atoms with Gasteiger partial charge in [-0.15, -0.1) is 0 Å². The number of carbonyl (C=O) groups excluding carboxylic acids is 1. The zero-order chi connectivity index (χ0) is 30.0. The number of benzene rings is 2. The van der Waals surface area contributed by atoms with E-state index in [0.29, 0.717) is 50.0 Å². The Morgan fingerprint density at radius 1 is 1.05 bits per heavy atom. The Bertz CT molecular complexity index is 1280. The third-order valence-corrected chi connectivity index (χ3v) is 7.39. The summed E-state index contributed by atoms with van der Waals surface area (Å²) in [7, 11) is 3.13. The number of hydrogen-bond acceptors (Lipinski definition) is 8. The van der Waals surface area contributed by atoms with Crippen molar-refractivity contribution in [3.05, 3.63) is 71.8 Å². The van der Waals surface area contributed by atoms with Gasteiger partial charge in [0.2, 0.25) is 5.91 Å². The molecule has 1 aliphatic rings. The summed E-state index contributed by atoms with van der Waals surface area (Å²) in [4.78, 5) is 21.0. The van der Waals surface area contributed by atoms with Crippen LogP contribution in [-0.4, -0.2) is 96.2 Å². The van der Waals surface area contributed by atoms with Gasteiger partial charge in [-0.3, -0.25) is 9.69 Å². The quantitative estimate of drug-likeness (QED) is 0.290. The summed E-state index contributed by atoms with van der Waals surface area (Å²) in [5, 5.41) is 11.7. The van der Waals surface area contributed by atoms with Crippen molar-refractivity contribution in [2.75, 3.05) is 60.2 Å². The van der Waals surface area contributed by atoms with E-state index in [1.54, 1.807) is 12.0 Å². The van der Waals surface area contributed by atoms with Gasteiger partial charge in [0.05, 0.1) is 20.3 Å². The lowest BCUT2D eigenvalue weighted by Crippen LogP contribution is -2.52. The monoisotopic (exact) mass is 580 g/mol. The minimum Gasteiger partial charge on any atom is -0.493 e. The van der Waals surface area contributed by atoms with Crippen LogP contribution in [0.4, 0.5) is 0 Å². The molecule has 0 radical (unpaired) electrons. The Balaban J connectivity index is 1.43. The average Bonchev–Trinajstić information content (AvgIpc) is 3.37. The van der Waals surface area contributed by atoms with Crippen LogP contribution in [0, 0.1) is 6.92 Å². The number of nitrogens with zero attached hydrogens (tertiary/aromatic N) is 4. The molecular formula is C32H44N4O6. The van der Waals surface area contributed by atoms with Gasteiger partial charge in [-0.05, 0) is 43.2 Å². The van der Waals surface area contributed by atoms with Crippen molar-refractivity contribution in [2.24, 2.45) is 0 Å². The molecule has 2 aromatic carbocycles. The van der Waals surface area contributed by atoms with E-state index in [-0.39, 0.29) is 25.7 Å². The summed E-state index contributed by atoms with van der Waals surface area (Å²) in [6, 6.07) is 13.6. The van der Waals surface area contributed by atoms with Crippen molar-refractivity contribution in [1.82, 2.24) is 19.4 Å². The molecule has 10 heteroatoms. The summed E-state index contributed by atoms with van der Waals surface area (Å²) in [5.41, 5.74) is 0.873. The third-order valence-electron chi connectivity index (χ3n) is 7.39. The number of rotatable bonds is 14. The van der Waals surface area contributed by atoms with Crippen molar-refractivity contribution in [1.29, 1.82) is 0 Å². The van der Waals surface area contributed by atoms with Crippen LogP contribution in [0.25, 0.3) is 0 Å². The van der Waals surface area contributed by atoms with E-state index in [0.717, 1.165) is 36.3 Å². The van der Waals surface area contributed by atoms with Crippen LogP contribution >= 0.6 is 0 Å². The maximum atomic E-state index is 12.8. The van der Waals surface area contributed by atoms with Crippen LogP contribution in [0.1, 0.15) is 30.3 Å². The fourth-order valence-electron chi connectivity index (χ4n) is 5.21. The third kappa shape index (κ3) is 8.70. The van der Waals surface area contributed by atoms with E-state index in [4.69, 9.17) is 18.9 Å². The molecule has 1 saturated heterocycles. The second kappa shape index (κ2) is 15.0. The SMILES string of the molecule is CCc1nccn1CCCOc1cc(CN2CCN(C(=O)COC)C[C@@](O)(COc3ccc(C)cc3)C2)ccc1OC. The van der Waals surface area contributed by atoms with Gasteiger partial charge in [0, 0.05) is 58.6 Å². The topological polar surface area (TPSA) is 98.5 Å². The molecule has 0 bridgehead atoms. The van der Waals surface area contributed by atoms with Crippen molar-refractivity contribution in [3.8, 4) is 17.2 Å². The number of hydrogen-bond donors (Lipinski definition) is 1. The van der Waals surface area contributed by atoms with Crippen molar-refractivity contribution < 1.29 is 28.8 Å². The van der Waals surface area contributed by atoms with Crippen molar-refractivity contribution in [3.63, 3.8) is 0 Å². The molecule has 3 aromatic rings. The predicted molar refractivity (Wildman–Crippen MR) is 160 cm³/mol. The van der Waals surface area contributed by atoms with Crippen LogP contribution in [0.3, 0.4) is 0 Å². The fourth-order valence-corrected chi connectivity index (χ4v) is 5.21. The van der Waals surface area contributed by atoms with E-state index < -0.39 is 5.60 Å². The van der Waals surface area contributed by atoms with Crippen LogP contribution in [-0.2, 0) is 29.0 Å². The first-order valence-corrected chi connectivity index (χ1v) is 14.5. The maximum absolute atomic E-state index is 12.8. The average molecular weight is 581 g/mol. The molecule has 1 aliphatic heterocycles. The molecule has 0 aliphatic carbocycles. The van der Waals surface area contributed by atoms with E-state index in [9.17, 15) is 9.90 Å². The molecule has 10 nitrogen and oxygen atoms in total. The summed E-state index contributed by atoms with van der Waals surface area (Å²) >= 11 is 0. The van der Waals surface area contributed by atoms with E-state index in [1.165, 1.54) is 7.11 Å². The van der Waals surface area contributed by atoms with Gasteiger partial charge in [-0.2, -0.15) is 0 Å². The Kier molecular flexibility index (Phi) is 11.2. The first-order valence-electron chi connectivity index (χ1n) is 14.5. The number of aromatic nitrogens is 2. The van der Waals surface area contributed by atoms with Gasteiger partial charge in [0.1, 0.15) is 30.4 Å². The Hall–Kier alpha value is -3.60. The number of β-amino-alcohol motifs (C(OH)–C–C–N with tert-alkyl or cyclic N) is 1. The normalized spacial score (nSPS) is 17.6. The Morgan fingerprint density at radius 3 is 2.60 bits per heavy atom. The zero-order valence-electron chi connectivity index (χ0n) is 25.3. The molecule has 0 saturated carbocycles. The van der Waals surface area contributed by atoms with Crippen molar-refractivity contribution >= 4 is 5.91 Å². The highest BCUT2D eigenvalue weighted by Crippen LogP contribution is 2.29. The van der Waals surface area contributed by atoms with Crippen LogP contribution < -0.4 is 14.2 Å². The fraction of sp³-hybridized carbons (Fsp3) is 0.500. The summed E-state index contributed by atoms with van der Waals surface area (Å²) in [6.07, 6.45) is 5.56. The molecule has 228 valence electrons. The molecule has 0 spiro atoms. The number of carbonyl (C=O) groups is 1. The molecule has 2 heterocycles. The Morgan fingerprint density at radius 2 is 1.86 bits per heavy atom. The summed E-state index contributed by atoms with van der Waals surface area (Å²) in [5.74, 6) is 2.94. The minimum atomic E-state index is -1.28. The van der Waals surface area contributed by atoms with E-state index in [2.05, 4.69) is 21.4 Å². The number of amides is 1. The first-order chi connectivity index (χ1) is 20.3. The number of aryl methyl sites for hydroxylation is 3. The molecule has 1 atom stereocenters. The lowest BCUT2D eigenvalue weighted by molar-refractivity contribution is -0.138. The molecule has 4 rings (SSSR count). The van der Waals surface area contributed by atoms with Gasteiger partial charge in [-0.1, -0.05) is 30.7 Å². The highest BCUT2D eigenvalue weighted by atomic mass is 16.5. The van der Waals surface area contributed by atoms with E-state index >= 15 is 0 Å². The van der Waals surface area contributed by atoms with Gasteiger partial charge >= 0.3 is 0 Å². The minimum absolute atomic E-state index is 0.0331. The number of imidazole rings is 1. The van der Waals surface area contributed by atoms with Crippen LogP contribution in [0.5, 0.6) is 17.2 Å². The molecule has 0 unspecified atom stereocenters. The molecule has 42 heavy (non-hydrogen) atoms. The highest BCUT2D eigenvalue weighted by Gasteiger charge is 2.37. The second-order valence-electron chi connectivity index (χ2n) is 10.9. The van der Waals surface area contributed by atoms with Gasteiger partial charge in [0.25, 0.3) is 0 Å². The number of methoxy groups -OCH3 is 2. The van der Waals surface area contributed by atoms with Gasteiger partial charge < -0.3 is 33.5 Å². The molecule has 1 amide bonds. The largest absolute Gasteiger partial charge is 0.493 e. The lowest BCUT2D eigenvalue weighted by Gasteiger charge is -2.33. The van der Waals surface area contributed by atoms with Gasteiger partial charge in [0.15, 0.2) is 11.5 Å². The van der Waals surface area contributed by atoms with Crippen LogP contribution in [0.15, 0.2) is 54.9 Å². The van der Waals surface area contributed by atoms with Gasteiger partial charge in [-0.25, -0.2) is 4.98 Å². The summed E-state index contributed by atoms with van der Waals surface area (Å²) in [6.45, 7) is 7.63. The standard InChI is InChI=1S/C32H44N4O6/c1-5-30-33-13-15-35(30)14-6-18-41-29-19-26(9-12-28(29)40-4)20-34-16-17-36(31(37)21-39-3)23-32(38,22-34)24-42-27-10-7-25(2)8-11-27/h7-13,15,19,38H,5-6,14,16-18,20-24H2,1-4H3/t32-/m1/s1. The predicted octanol–water partition coefficient (Wildman–Crippen LogP) is 3.33. The number of aliphatic hydroxyl groups is 1. The second-order valence-corrected chi connectivity index (χ2v) is 10.9. The zero-order valence-corrected chi connectivity index (χ0v) is 25.3. The molecule has 1 aromatic heterocycles. The number of ether oxygens (including phenoxy) is 4. The highest BCUT2D eigenvalue weighted by molar-refractivity contribution is 5.77. The van der Waals surface area contributed by atoms with E-state index in [1.807, 2.05) is 61.8 Å². The Labute approximate surface area is 248 Å². The molecule has 1 N–H and O–H groups in total. The molecular weight excluding hydrogens is 536 g/mol. The summed E-state index contributed by atoms with van der Waals surface area (Å²) < 4.78 is 25.0. The van der Waals surface area contributed by atoms with Crippen LogP contribution in [0.2, 0.25) is 0 Å². The smallest absolute Gasteiger partial charge is 0.248 e. The molecule has 1 fully saturated rings. The lowest BCUT2D eigenvalue weighted by atomic mass is 10.0.